The van der Waals surface area contributed by atoms with Gasteiger partial charge in [-0.3, -0.25) is 0 Å². The second kappa shape index (κ2) is 10.4. The summed E-state index contributed by atoms with van der Waals surface area (Å²) in [6, 6.07) is 14.4. The summed E-state index contributed by atoms with van der Waals surface area (Å²) in [7, 11) is 9.07. The summed E-state index contributed by atoms with van der Waals surface area (Å²) in [4.78, 5) is 24.1. The van der Waals surface area contributed by atoms with Gasteiger partial charge in [0.2, 0.25) is 0 Å². The van der Waals surface area contributed by atoms with Gasteiger partial charge < -0.3 is 0 Å². The summed E-state index contributed by atoms with van der Waals surface area (Å²) < 4.78 is 7.72. The third kappa shape index (κ3) is 5.74. The fourth-order valence-corrected chi connectivity index (χ4v) is 6.20. The van der Waals surface area contributed by atoms with Crippen LogP contribution in [0.1, 0.15) is 5.56 Å². The predicted octanol–water partition coefficient (Wildman–Crippen LogP) is 0.109. The molecule has 1 heterocycles. The number of methoxy groups -OCH3 is 1. The quantitative estimate of drug-likeness (QED) is 0.298. The zero-order valence-electron chi connectivity index (χ0n) is 18.5. The van der Waals surface area contributed by atoms with Crippen molar-refractivity contribution in [1.82, 2.24) is 19.6 Å². The van der Waals surface area contributed by atoms with Gasteiger partial charge in [-0.25, -0.2) is 0 Å². The van der Waals surface area contributed by atoms with Crippen molar-refractivity contribution in [3.8, 4) is 5.75 Å². The minimum atomic E-state index is -0.401. The summed E-state index contributed by atoms with van der Waals surface area (Å²) in [5, 5.41) is 0.803. The van der Waals surface area contributed by atoms with Crippen LogP contribution in [0.5, 0.6) is 5.75 Å². The number of hydrogen-bond donors (Lipinski definition) is 0. The maximum absolute atomic E-state index is 12.1. The van der Waals surface area contributed by atoms with Crippen LogP contribution in [0.3, 0.4) is 0 Å². The summed E-state index contributed by atoms with van der Waals surface area (Å²) >= 11 is 6.11. The van der Waals surface area contributed by atoms with Crippen molar-refractivity contribution in [2.24, 2.45) is 4.99 Å². The first-order valence-corrected chi connectivity index (χ1v) is 12.3. The molecule has 0 spiro atoms. The Morgan fingerprint density at radius 3 is 2.39 bits per heavy atom. The van der Waals surface area contributed by atoms with E-state index >= 15 is 0 Å². The van der Waals surface area contributed by atoms with E-state index in [4.69, 9.17) is 16.3 Å². The third-order valence-corrected chi connectivity index (χ3v) is 8.37. The van der Waals surface area contributed by atoms with Crippen molar-refractivity contribution in [1.29, 1.82) is 0 Å². The van der Waals surface area contributed by atoms with Crippen LogP contribution in [-0.4, -0.2) is 80.2 Å². The number of hydrogen-bond acceptors (Lipinski definition) is 3. The Hall–Kier alpha value is -2.20. The molecule has 3 rings (SSSR count). The first-order valence-electron chi connectivity index (χ1n) is 9.78. The van der Waals surface area contributed by atoms with Gasteiger partial charge in [0.25, 0.3) is 0 Å². The van der Waals surface area contributed by atoms with Crippen LogP contribution >= 0.6 is 11.6 Å². The number of rotatable bonds is 5. The van der Waals surface area contributed by atoms with Crippen LogP contribution in [0.4, 0.5) is 4.79 Å². The number of guanidine groups is 1. The number of nitrogens with zero attached hydrogens (tertiary/aromatic N) is 5. The van der Waals surface area contributed by atoms with Crippen molar-refractivity contribution < 1.29 is 30.7 Å². The SMILES string of the molecule is CN=C(N(C)Cc1ccc(Cl)c([I-]c2ccc(OC)cc2)c1)N1CN(C)C(=O)N(C)C1. The molecule has 2 aromatic carbocycles. The molecule has 168 valence electrons. The van der Waals surface area contributed by atoms with E-state index in [2.05, 4.69) is 39.1 Å². The summed E-state index contributed by atoms with van der Waals surface area (Å²) in [6.07, 6.45) is 0. The Bertz CT molecular complexity index is 939. The first-order chi connectivity index (χ1) is 14.8. The van der Waals surface area contributed by atoms with Crippen molar-refractivity contribution >= 4 is 23.6 Å². The molecule has 1 aliphatic rings. The fourth-order valence-electron chi connectivity index (χ4n) is 3.46. The van der Waals surface area contributed by atoms with Crippen molar-refractivity contribution in [3.63, 3.8) is 0 Å². The minimum absolute atomic E-state index is 0.0131. The Balaban J connectivity index is 1.72. The van der Waals surface area contributed by atoms with Gasteiger partial charge in [0.15, 0.2) is 0 Å². The fraction of sp³-hybridized carbons (Fsp3) is 0.364. The van der Waals surface area contributed by atoms with Crippen LogP contribution in [0.15, 0.2) is 47.5 Å². The Morgan fingerprint density at radius 2 is 1.81 bits per heavy atom. The van der Waals surface area contributed by atoms with E-state index in [0.717, 1.165) is 16.7 Å². The summed E-state index contributed by atoms with van der Waals surface area (Å²) in [6.45, 7) is 1.71. The van der Waals surface area contributed by atoms with Gasteiger partial charge in [-0.1, -0.05) is 0 Å². The second-order valence-electron chi connectivity index (χ2n) is 7.38. The molecule has 0 aromatic heterocycles. The van der Waals surface area contributed by atoms with E-state index in [1.807, 2.05) is 25.2 Å². The Kier molecular flexibility index (Phi) is 7.88. The number of carbonyl (C=O) groups is 1. The molecule has 1 aliphatic heterocycles. The maximum atomic E-state index is 12.1. The average Bonchev–Trinajstić information content (AvgIpc) is 2.75. The van der Waals surface area contributed by atoms with Crippen LogP contribution in [0, 0.1) is 7.14 Å². The number of halogens is 2. The second-order valence-corrected chi connectivity index (χ2v) is 10.7. The molecule has 0 unspecified atom stereocenters. The summed E-state index contributed by atoms with van der Waals surface area (Å²) in [5.41, 5.74) is 1.17. The molecule has 9 heteroatoms. The number of aliphatic imine (C=N–C) groups is 1. The molecule has 0 atom stereocenters. The van der Waals surface area contributed by atoms with Crippen molar-refractivity contribution in [2.75, 3.05) is 48.6 Å². The molecule has 2 aromatic rings. The molecule has 0 aliphatic carbocycles. The van der Waals surface area contributed by atoms with Gasteiger partial charge >= 0.3 is 200 Å². The van der Waals surface area contributed by atoms with Gasteiger partial charge in [0, 0.05) is 0 Å². The van der Waals surface area contributed by atoms with Gasteiger partial charge in [-0.05, 0) is 0 Å². The molecule has 0 saturated carbocycles. The van der Waals surface area contributed by atoms with E-state index in [1.54, 1.807) is 38.1 Å². The number of carbonyl (C=O) groups excluding carboxylic acids is 1. The molecule has 1 saturated heterocycles. The third-order valence-electron chi connectivity index (χ3n) is 4.91. The van der Waals surface area contributed by atoms with Crippen LogP contribution in [0.25, 0.3) is 0 Å². The number of ether oxygens (including phenoxy) is 1. The van der Waals surface area contributed by atoms with Crippen LogP contribution in [-0.2, 0) is 6.54 Å². The van der Waals surface area contributed by atoms with Crippen molar-refractivity contribution in [2.45, 2.75) is 6.54 Å². The van der Waals surface area contributed by atoms with E-state index in [9.17, 15) is 4.79 Å². The molecule has 0 N–H and O–H groups in total. The monoisotopic (exact) mass is 556 g/mol. The average molecular weight is 557 g/mol. The van der Waals surface area contributed by atoms with Crippen LogP contribution in [0.2, 0.25) is 5.02 Å². The summed E-state index contributed by atoms with van der Waals surface area (Å²) in [5.74, 6) is 1.70. The van der Waals surface area contributed by atoms with Gasteiger partial charge in [-0.15, -0.1) is 0 Å². The molecule has 0 radical (unpaired) electrons. The number of urea groups is 1. The van der Waals surface area contributed by atoms with Crippen LogP contribution < -0.4 is 25.9 Å². The Morgan fingerprint density at radius 1 is 1.16 bits per heavy atom. The van der Waals surface area contributed by atoms with Gasteiger partial charge in [0.05, 0.1) is 0 Å². The van der Waals surface area contributed by atoms with E-state index in [1.165, 1.54) is 12.7 Å². The molecular formula is C22H28ClIN5O2-. The molecule has 0 bridgehead atoms. The van der Waals surface area contributed by atoms with E-state index in [0.29, 0.717) is 19.9 Å². The number of amides is 2. The van der Waals surface area contributed by atoms with Gasteiger partial charge in [0.1, 0.15) is 0 Å². The van der Waals surface area contributed by atoms with E-state index < -0.39 is 21.2 Å². The molecule has 31 heavy (non-hydrogen) atoms. The zero-order chi connectivity index (χ0) is 22.5. The molecule has 1 fully saturated rings. The number of benzene rings is 2. The topological polar surface area (TPSA) is 51.6 Å². The molecule has 2 amide bonds. The van der Waals surface area contributed by atoms with E-state index in [-0.39, 0.29) is 6.03 Å². The van der Waals surface area contributed by atoms with Gasteiger partial charge in [-0.2, -0.15) is 0 Å². The zero-order valence-corrected chi connectivity index (χ0v) is 21.4. The standard InChI is InChI=1S/C22H28ClIN5O2/c1-25-21(29-14-27(3)22(30)28(4)15-29)26(2)13-16-6-11-19(23)20(12-16)24-17-7-9-18(31-5)10-8-17/h6-12H,13-15H2,1-5H3/q-1. The molecular weight excluding hydrogens is 529 g/mol. The normalized spacial score (nSPS) is 15.0. The Labute approximate surface area is 199 Å². The van der Waals surface area contributed by atoms with Crippen molar-refractivity contribution in [3.05, 3.63) is 60.2 Å². The first kappa shape index (κ1) is 23.5. The molecule has 7 nitrogen and oxygen atoms in total. The predicted molar refractivity (Wildman–Crippen MR) is 119 cm³/mol.